The van der Waals surface area contributed by atoms with Crippen LogP contribution in [0, 0.1) is 13.0 Å². The molecule has 0 aromatic rings. The molecule has 0 unspecified atom stereocenters. The standard InChI is InChI=1S/C14H15/c1-10(2)13-7-5-4-6-12-8-11(3)9-14(12)13/h4-7,9-10H,1-3H3. The Balaban J connectivity index is 2.70. The second-order valence-corrected chi connectivity index (χ2v) is 4.11. The lowest BCUT2D eigenvalue weighted by Crippen LogP contribution is -1.86. The molecule has 0 aliphatic heterocycles. The summed E-state index contributed by atoms with van der Waals surface area (Å²) in [4.78, 5) is 0. The van der Waals surface area contributed by atoms with Crippen LogP contribution in [0.1, 0.15) is 30.9 Å². The highest BCUT2D eigenvalue weighted by molar-refractivity contribution is 5.71. The molecule has 14 heavy (non-hydrogen) atoms. The quantitative estimate of drug-likeness (QED) is 0.626. The van der Waals surface area contributed by atoms with Gasteiger partial charge in [0.25, 0.3) is 0 Å². The molecule has 71 valence electrons. The lowest BCUT2D eigenvalue weighted by atomic mass is 9.98. The maximum absolute atomic E-state index is 3.37. The van der Waals surface area contributed by atoms with Crippen LogP contribution in [0.2, 0.25) is 0 Å². The van der Waals surface area contributed by atoms with E-state index in [1.807, 2.05) is 0 Å². The Kier molecular flexibility index (Phi) is 2.28. The van der Waals surface area contributed by atoms with Gasteiger partial charge in [-0.3, -0.25) is 0 Å². The minimum absolute atomic E-state index is 0.570. The first kappa shape index (κ1) is 9.26. The van der Waals surface area contributed by atoms with E-state index in [9.17, 15) is 0 Å². The van der Waals surface area contributed by atoms with Gasteiger partial charge in [0, 0.05) is 0 Å². The molecule has 0 saturated carbocycles. The van der Waals surface area contributed by atoms with Crippen molar-refractivity contribution < 1.29 is 0 Å². The molecule has 0 amide bonds. The Hall–Kier alpha value is -1.30. The normalized spacial score (nSPS) is 11.1. The molecule has 0 spiro atoms. The molecule has 0 aromatic carbocycles. The Labute approximate surface area is 85.9 Å². The number of aryl methyl sites for hydroxylation is 1. The van der Waals surface area contributed by atoms with Crippen LogP contribution in [-0.4, -0.2) is 0 Å². The van der Waals surface area contributed by atoms with E-state index in [0.717, 1.165) is 0 Å². The monoisotopic (exact) mass is 183 g/mol. The predicted octanol–water partition coefficient (Wildman–Crippen LogP) is 4.02. The van der Waals surface area contributed by atoms with Crippen LogP contribution in [0.15, 0.2) is 30.3 Å². The summed E-state index contributed by atoms with van der Waals surface area (Å²) in [5.74, 6) is 0.570. The van der Waals surface area contributed by atoms with Crippen molar-refractivity contribution in [2.24, 2.45) is 0 Å². The second kappa shape index (κ2) is 3.45. The fourth-order valence-electron chi connectivity index (χ4n) is 1.88. The number of fused-ring (bicyclic) bond motifs is 1. The molecule has 0 heterocycles. The maximum Gasteiger partial charge on any atom is -0.00669 e. The molecular formula is C14H15. The van der Waals surface area contributed by atoms with Gasteiger partial charge in [-0.15, -0.1) is 0 Å². The maximum atomic E-state index is 3.37. The third kappa shape index (κ3) is 1.52. The van der Waals surface area contributed by atoms with E-state index in [4.69, 9.17) is 0 Å². The van der Waals surface area contributed by atoms with Gasteiger partial charge in [0.1, 0.15) is 0 Å². The van der Waals surface area contributed by atoms with Crippen molar-refractivity contribution in [3.8, 4) is 11.1 Å². The highest BCUT2D eigenvalue weighted by Crippen LogP contribution is 2.31. The van der Waals surface area contributed by atoms with E-state index in [0.29, 0.717) is 5.92 Å². The summed E-state index contributed by atoms with van der Waals surface area (Å²) >= 11 is 0. The van der Waals surface area contributed by atoms with Crippen molar-refractivity contribution >= 4 is 0 Å². The summed E-state index contributed by atoms with van der Waals surface area (Å²) in [5.41, 5.74) is 5.22. The van der Waals surface area contributed by atoms with Gasteiger partial charge in [-0.2, -0.15) is 0 Å². The van der Waals surface area contributed by atoms with Gasteiger partial charge in [0.15, 0.2) is 0 Å². The summed E-state index contributed by atoms with van der Waals surface area (Å²) in [7, 11) is 0. The third-order valence-electron chi connectivity index (χ3n) is 2.57. The zero-order valence-corrected chi connectivity index (χ0v) is 8.96. The predicted molar refractivity (Wildman–Crippen MR) is 60.7 cm³/mol. The van der Waals surface area contributed by atoms with Crippen molar-refractivity contribution in [2.75, 3.05) is 0 Å². The van der Waals surface area contributed by atoms with E-state index in [2.05, 4.69) is 57.2 Å². The van der Waals surface area contributed by atoms with E-state index >= 15 is 0 Å². The summed E-state index contributed by atoms with van der Waals surface area (Å²) in [6, 6.07) is 14.1. The average molecular weight is 183 g/mol. The average Bonchev–Trinajstić information content (AvgIpc) is 2.35. The minimum atomic E-state index is 0.570. The van der Waals surface area contributed by atoms with E-state index < -0.39 is 0 Å². The molecule has 2 aliphatic rings. The van der Waals surface area contributed by atoms with Gasteiger partial charge >= 0.3 is 0 Å². The topological polar surface area (TPSA) is 0 Å². The second-order valence-electron chi connectivity index (χ2n) is 4.11. The largest absolute Gasteiger partial charge is 0.0619 e. The molecule has 0 bridgehead atoms. The zero-order chi connectivity index (χ0) is 10.1. The molecule has 0 N–H and O–H groups in total. The van der Waals surface area contributed by atoms with Crippen LogP contribution in [0.4, 0.5) is 0 Å². The smallest absolute Gasteiger partial charge is 0.00669 e. The highest BCUT2D eigenvalue weighted by Gasteiger charge is 2.10. The van der Waals surface area contributed by atoms with E-state index in [-0.39, 0.29) is 0 Å². The first-order valence-corrected chi connectivity index (χ1v) is 5.10. The summed E-state index contributed by atoms with van der Waals surface area (Å²) in [6.45, 7) is 6.57. The molecule has 0 heteroatoms. The third-order valence-corrected chi connectivity index (χ3v) is 2.57. The van der Waals surface area contributed by atoms with Crippen molar-refractivity contribution in [3.05, 3.63) is 47.5 Å². The van der Waals surface area contributed by atoms with E-state index in [1.54, 1.807) is 0 Å². The van der Waals surface area contributed by atoms with Crippen molar-refractivity contribution in [2.45, 2.75) is 26.7 Å². The van der Waals surface area contributed by atoms with Gasteiger partial charge in [0.2, 0.25) is 0 Å². The van der Waals surface area contributed by atoms with E-state index in [1.165, 1.54) is 22.3 Å². The Morgan fingerprint density at radius 1 is 1.14 bits per heavy atom. The SMILES string of the molecule is Cc1[c]c2ccccc(C(C)C)c-2c1. The molecular weight excluding hydrogens is 168 g/mol. The first-order valence-electron chi connectivity index (χ1n) is 5.10. The molecule has 0 aromatic heterocycles. The highest BCUT2D eigenvalue weighted by atomic mass is 14.1. The molecule has 2 aliphatic carbocycles. The van der Waals surface area contributed by atoms with Crippen LogP contribution in [0.5, 0.6) is 0 Å². The number of hydrogen-bond donors (Lipinski definition) is 0. The van der Waals surface area contributed by atoms with Gasteiger partial charge in [-0.1, -0.05) is 44.2 Å². The molecule has 0 nitrogen and oxygen atoms in total. The lowest BCUT2D eigenvalue weighted by Gasteiger charge is -2.06. The van der Waals surface area contributed by atoms with Crippen LogP contribution in [-0.2, 0) is 0 Å². The summed E-state index contributed by atoms with van der Waals surface area (Å²) in [5, 5.41) is 0. The Morgan fingerprint density at radius 3 is 2.57 bits per heavy atom. The fraction of sp³-hybridized carbons (Fsp3) is 0.286. The molecule has 1 radical (unpaired) electrons. The first-order chi connectivity index (χ1) is 6.68. The van der Waals surface area contributed by atoms with Crippen molar-refractivity contribution in [3.63, 3.8) is 0 Å². The minimum Gasteiger partial charge on any atom is -0.0619 e. The van der Waals surface area contributed by atoms with Gasteiger partial charge in [0.05, 0.1) is 0 Å². The van der Waals surface area contributed by atoms with Crippen molar-refractivity contribution in [1.29, 1.82) is 0 Å². The lowest BCUT2D eigenvalue weighted by molar-refractivity contribution is 0.871. The summed E-state index contributed by atoms with van der Waals surface area (Å²) < 4.78 is 0. The van der Waals surface area contributed by atoms with Gasteiger partial charge in [-0.05, 0) is 41.2 Å². The Morgan fingerprint density at radius 2 is 1.86 bits per heavy atom. The van der Waals surface area contributed by atoms with Gasteiger partial charge in [-0.25, -0.2) is 0 Å². The number of rotatable bonds is 1. The molecule has 0 fully saturated rings. The van der Waals surface area contributed by atoms with Gasteiger partial charge < -0.3 is 0 Å². The molecule has 0 saturated heterocycles. The van der Waals surface area contributed by atoms with Crippen LogP contribution in [0.25, 0.3) is 11.1 Å². The van der Waals surface area contributed by atoms with Crippen LogP contribution in [0.3, 0.4) is 0 Å². The zero-order valence-electron chi connectivity index (χ0n) is 8.96. The summed E-state index contributed by atoms with van der Waals surface area (Å²) in [6.07, 6.45) is 0. The van der Waals surface area contributed by atoms with Crippen LogP contribution < -0.4 is 0 Å². The molecule has 2 rings (SSSR count). The fourth-order valence-corrected chi connectivity index (χ4v) is 1.88. The number of hydrogen-bond acceptors (Lipinski definition) is 0. The van der Waals surface area contributed by atoms with Crippen LogP contribution >= 0.6 is 0 Å². The Bertz CT molecular complexity index is 413. The molecule has 0 atom stereocenters. The van der Waals surface area contributed by atoms with Crippen molar-refractivity contribution in [1.82, 2.24) is 0 Å².